The van der Waals surface area contributed by atoms with Gasteiger partial charge in [0.2, 0.25) is 5.91 Å². The first-order chi connectivity index (χ1) is 15.9. The highest BCUT2D eigenvalue weighted by Gasteiger charge is 2.15. The van der Waals surface area contributed by atoms with Crippen LogP contribution in [0, 0.1) is 0 Å². The van der Waals surface area contributed by atoms with Gasteiger partial charge in [0.05, 0.1) is 12.9 Å². The number of benzene rings is 3. The van der Waals surface area contributed by atoms with Crippen LogP contribution >= 0.6 is 11.8 Å². The summed E-state index contributed by atoms with van der Waals surface area (Å²) in [6.07, 6.45) is 1.59. The molecule has 3 amide bonds. The Balaban J connectivity index is 1.79. The third kappa shape index (κ3) is 7.26. The van der Waals surface area contributed by atoms with Crippen LogP contribution in [0.5, 0.6) is 5.75 Å². The average molecular weight is 462 g/mol. The molecule has 3 rings (SSSR count). The van der Waals surface area contributed by atoms with Crippen LogP contribution in [0.4, 0.5) is 5.69 Å². The van der Waals surface area contributed by atoms with Crippen molar-refractivity contribution < 1.29 is 19.1 Å². The number of amides is 3. The molecule has 0 aromatic heterocycles. The van der Waals surface area contributed by atoms with Gasteiger partial charge in [0.25, 0.3) is 11.8 Å². The van der Waals surface area contributed by atoms with Gasteiger partial charge in [-0.05, 0) is 60.2 Å². The van der Waals surface area contributed by atoms with Crippen LogP contribution in [0.3, 0.4) is 0 Å². The number of carbonyl (C=O) groups is 3. The van der Waals surface area contributed by atoms with Crippen LogP contribution in [-0.2, 0) is 9.59 Å². The fourth-order valence-electron chi connectivity index (χ4n) is 2.80. The number of ether oxygens (including phenoxy) is 1. The Morgan fingerprint density at radius 3 is 2.21 bits per heavy atom. The molecule has 0 aliphatic rings. The van der Waals surface area contributed by atoms with E-state index in [9.17, 15) is 14.4 Å². The summed E-state index contributed by atoms with van der Waals surface area (Å²) in [5.41, 5.74) is 6.94. The normalized spacial score (nSPS) is 10.9. The first kappa shape index (κ1) is 23.6. The lowest BCUT2D eigenvalue weighted by Crippen LogP contribution is -2.30. The van der Waals surface area contributed by atoms with Crippen molar-refractivity contribution in [1.29, 1.82) is 0 Å². The van der Waals surface area contributed by atoms with Gasteiger partial charge in [-0.1, -0.05) is 30.3 Å². The zero-order valence-electron chi connectivity index (χ0n) is 17.9. The van der Waals surface area contributed by atoms with E-state index in [1.807, 2.05) is 6.07 Å². The van der Waals surface area contributed by atoms with Gasteiger partial charge in [0.1, 0.15) is 11.4 Å². The van der Waals surface area contributed by atoms with E-state index in [4.69, 9.17) is 10.5 Å². The molecule has 0 saturated carbocycles. The standard InChI is InChI=1S/C25H23N3O4S/c1-32-20-11-7-17(8-12-20)15-22(28-24(30)18-5-3-2-4-6-18)25(31)27-19-9-13-21(14-10-19)33-16-23(26)29/h2-15H,16H2,1H3,(H2,26,29)(H,27,31)(H,28,30)/b22-15-. The van der Waals surface area contributed by atoms with Crippen molar-refractivity contribution in [2.45, 2.75) is 4.90 Å². The molecule has 168 valence electrons. The van der Waals surface area contributed by atoms with E-state index in [-0.39, 0.29) is 11.4 Å². The lowest BCUT2D eigenvalue weighted by Gasteiger charge is -2.12. The highest BCUT2D eigenvalue weighted by molar-refractivity contribution is 8.00. The number of hydrogen-bond donors (Lipinski definition) is 3. The molecule has 3 aromatic carbocycles. The molecule has 33 heavy (non-hydrogen) atoms. The van der Waals surface area contributed by atoms with Crippen molar-refractivity contribution in [3.8, 4) is 5.75 Å². The average Bonchev–Trinajstić information content (AvgIpc) is 2.84. The zero-order chi connectivity index (χ0) is 23.6. The van der Waals surface area contributed by atoms with Gasteiger partial charge < -0.3 is 21.1 Å². The molecule has 0 fully saturated rings. The van der Waals surface area contributed by atoms with Crippen LogP contribution in [0.1, 0.15) is 15.9 Å². The van der Waals surface area contributed by atoms with E-state index in [2.05, 4.69) is 10.6 Å². The first-order valence-corrected chi connectivity index (χ1v) is 11.0. The number of rotatable bonds is 9. The fraction of sp³-hybridized carbons (Fsp3) is 0.0800. The van der Waals surface area contributed by atoms with Gasteiger partial charge in [0.15, 0.2) is 0 Å². The van der Waals surface area contributed by atoms with Crippen LogP contribution in [-0.4, -0.2) is 30.6 Å². The monoisotopic (exact) mass is 461 g/mol. The Morgan fingerprint density at radius 2 is 1.61 bits per heavy atom. The lowest BCUT2D eigenvalue weighted by atomic mass is 10.1. The van der Waals surface area contributed by atoms with Gasteiger partial charge in [-0.15, -0.1) is 11.8 Å². The van der Waals surface area contributed by atoms with E-state index < -0.39 is 17.7 Å². The predicted molar refractivity (Wildman–Crippen MR) is 130 cm³/mol. The molecule has 0 unspecified atom stereocenters. The van der Waals surface area contributed by atoms with Crippen molar-refractivity contribution >= 4 is 41.2 Å². The molecule has 8 heteroatoms. The quantitative estimate of drug-likeness (QED) is 0.333. The Kier molecular flexibility index (Phi) is 8.26. The number of hydrogen-bond acceptors (Lipinski definition) is 5. The Hall–Kier alpha value is -4.04. The summed E-state index contributed by atoms with van der Waals surface area (Å²) in [6.45, 7) is 0. The van der Waals surface area contributed by atoms with Crippen LogP contribution < -0.4 is 21.1 Å². The topological polar surface area (TPSA) is 111 Å². The molecule has 0 aliphatic heterocycles. The van der Waals surface area contributed by atoms with Gasteiger partial charge in [-0.25, -0.2) is 0 Å². The number of carbonyl (C=O) groups excluding carboxylic acids is 3. The fourth-order valence-corrected chi connectivity index (χ4v) is 3.43. The molecule has 0 saturated heterocycles. The van der Waals surface area contributed by atoms with Crippen molar-refractivity contribution in [3.05, 3.63) is 95.7 Å². The second kappa shape index (κ2) is 11.5. The smallest absolute Gasteiger partial charge is 0.272 e. The Morgan fingerprint density at radius 1 is 0.939 bits per heavy atom. The largest absolute Gasteiger partial charge is 0.497 e. The molecule has 0 radical (unpaired) electrons. The Bertz CT molecular complexity index is 1140. The van der Waals surface area contributed by atoms with E-state index in [1.165, 1.54) is 11.8 Å². The second-order valence-corrected chi connectivity index (χ2v) is 7.93. The number of primary amides is 1. The summed E-state index contributed by atoms with van der Waals surface area (Å²) >= 11 is 1.31. The maximum Gasteiger partial charge on any atom is 0.272 e. The molecule has 7 nitrogen and oxygen atoms in total. The van der Waals surface area contributed by atoms with E-state index >= 15 is 0 Å². The van der Waals surface area contributed by atoms with Crippen LogP contribution in [0.25, 0.3) is 6.08 Å². The van der Waals surface area contributed by atoms with E-state index in [0.29, 0.717) is 22.6 Å². The molecule has 0 spiro atoms. The summed E-state index contributed by atoms with van der Waals surface area (Å²) in [5.74, 6) is -0.427. The van der Waals surface area contributed by atoms with Crippen molar-refractivity contribution in [2.24, 2.45) is 5.73 Å². The van der Waals surface area contributed by atoms with Gasteiger partial charge >= 0.3 is 0 Å². The van der Waals surface area contributed by atoms with Crippen LogP contribution in [0.2, 0.25) is 0 Å². The SMILES string of the molecule is COc1ccc(/C=C(\NC(=O)c2ccccc2)C(=O)Nc2ccc(SCC(N)=O)cc2)cc1. The molecule has 0 bridgehead atoms. The minimum Gasteiger partial charge on any atom is -0.497 e. The maximum atomic E-state index is 13.0. The molecule has 0 heterocycles. The van der Waals surface area contributed by atoms with Gasteiger partial charge in [0, 0.05) is 16.1 Å². The zero-order valence-corrected chi connectivity index (χ0v) is 18.7. The summed E-state index contributed by atoms with van der Waals surface area (Å²) in [5, 5.41) is 5.48. The molecule has 0 atom stereocenters. The Labute approximate surface area is 196 Å². The maximum absolute atomic E-state index is 13.0. The van der Waals surface area contributed by atoms with Crippen molar-refractivity contribution in [2.75, 3.05) is 18.2 Å². The predicted octanol–water partition coefficient (Wildman–Crippen LogP) is 3.68. The van der Waals surface area contributed by atoms with E-state index in [1.54, 1.807) is 86.0 Å². The summed E-state index contributed by atoms with van der Waals surface area (Å²) < 4.78 is 5.17. The highest BCUT2D eigenvalue weighted by atomic mass is 32.2. The molecular weight excluding hydrogens is 438 g/mol. The molecule has 3 aromatic rings. The summed E-state index contributed by atoms with van der Waals surface area (Å²) in [6, 6.07) is 22.7. The summed E-state index contributed by atoms with van der Waals surface area (Å²) in [7, 11) is 1.57. The van der Waals surface area contributed by atoms with Gasteiger partial charge in [-0.3, -0.25) is 14.4 Å². The first-order valence-electron chi connectivity index (χ1n) is 9.99. The third-order valence-corrected chi connectivity index (χ3v) is 5.48. The van der Waals surface area contributed by atoms with Gasteiger partial charge in [-0.2, -0.15) is 0 Å². The minimum atomic E-state index is -0.479. The number of nitrogens with two attached hydrogens (primary N) is 1. The highest BCUT2D eigenvalue weighted by Crippen LogP contribution is 2.20. The number of anilines is 1. The third-order valence-electron chi connectivity index (χ3n) is 4.45. The molecular formula is C25H23N3O4S. The van der Waals surface area contributed by atoms with Crippen molar-refractivity contribution in [3.63, 3.8) is 0 Å². The number of thioether (sulfide) groups is 1. The van der Waals surface area contributed by atoms with Crippen LogP contribution in [0.15, 0.2) is 89.5 Å². The number of nitrogens with one attached hydrogen (secondary N) is 2. The molecule has 0 aliphatic carbocycles. The summed E-state index contributed by atoms with van der Waals surface area (Å²) in [4.78, 5) is 37.5. The minimum absolute atomic E-state index is 0.0844. The van der Waals surface area contributed by atoms with E-state index in [0.717, 1.165) is 4.90 Å². The second-order valence-electron chi connectivity index (χ2n) is 6.88. The lowest BCUT2D eigenvalue weighted by molar-refractivity contribution is -0.115. The molecule has 4 N–H and O–H groups in total. The van der Waals surface area contributed by atoms with Crippen molar-refractivity contribution in [1.82, 2.24) is 5.32 Å². The number of methoxy groups -OCH3 is 1.